The number of nitrogens with zero attached hydrogens (tertiary/aromatic N) is 3. The van der Waals surface area contributed by atoms with Gasteiger partial charge in [0.25, 0.3) is 5.91 Å². The fourth-order valence-electron chi connectivity index (χ4n) is 3.09. The Morgan fingerprint density at radius 3 is 2.10 bits per heavy atom. The van der Waals surface area contributed by atoms with Crippen LogP contribution in [0, 0.1) is 0 Å². The third kappa shape index (κ3) is 6.14. The zero-order valence-corrected chi connectivity index (χ0v) is 17.1. The molecule has 29 heavy (non-hydrogen) atoms. The van der Waals surface area contributed by atoms with Gasteiger partial charge < -0.3 is 10.2 Å². The highest BCUT2D eigenvalue weighted by Gasteiger charge is 2.15. The molecule has 0 unspecified atom stereocenters. The van der Waals surface area contributed by atoms with Gasteiger partial charge in [0, 0.05) is 31.5 Å². The molecule has 3 aromatic rings. The van der Waals surface area contributed by atoms with E-state index in [-0.39, 0.29) is 11.9 Å². The van der Waals surface area contributed by atoms with Crippen molar-refractivity contribution >= 4 is 11.9 Å². The van der Waals surface area contributed by atoms with Crippen molar-refractivity contribution in [1.29, 1.82) is 0 Å². The summed E-state index contributed by atoms with van der Waals surface area (Å²) >= 11 is 0. The van der Waals surface area contributed by atoms with Crippen LogP contribution in [0.1, 0.15) is 41.8 Å². The summed E-state index contributed by atoms with van der Waals surface area (Å²) < 4.78 is 0. The van der Waals surface area contributed by atoms with Gasteiger partial charge in [-0.1, -0.05) is 60.7 Å². The fraction of sp³-hybridized carbons (Fsp3) is 0.292. The SMILES string of the molecule is CC(C)N(Cc1ccccc1)c1ncc(C(=O)NCCCc2ccccc2)cn1. The molecule has 0 bridgehead atoms. The van der Waals surface area contributed by atoms with Crippen LogP contribution >= 0.6 is 0 Å². The normalized spacial score (nSPS) is 10.7. The first kappa shape index (κ1) is 20.5. The van der Waals surface area contributed by atoms with Crippen LogP contribution in [0.3, 0.4) is 0 Å². The molecule has 0 saturated heterocycles. The number of aromatic nitrogens is 2. The molecule has 1 aromatic heterocycles. The van der Waals surface area contributed by atoms with E-state index in [4.69, 9.17) is 0 Å². The van der Waals surface area contributed by atoms with Crippen molar-refractivity contribution in [2.75, 3.05) is 11.4 Å². The second-order valence-electron chi connectivity index (χ2n) is 7.32. The van der Waals surface area contributed by atoms with Crippen molar-refractivity contribution in [3.05, 3.63) is 89.7 Å². The van der Waals surface area contributed by atoms with Crippen LogP contribution < -0.4 is 10.2 Å². The highest BCUT2D eigenvalue weighted by Crippen LogP contribution is 2.15. The second-order valence-corrected chi connectivity index (χ2v) is 7.32. The number of anilines is 1. The van der Waals surface area contributed by atoms with Crippen LogP contribution in [-0.4, -0.2) is 28.5 Å². The molecule has 0 spiro atoms. The number of carbonyl (C=O) groups excluding carboxylic acids is 1. The molecule has 150 valence electrons. The first-order chi connectivity index (χ1) is 14.1. The Labute approximate surface area is 172 Å². The lowest BCUT2D eigenvalue weighted by atomic mass is 10.1. The maximum atomic E-state index is 12.4. The molecule has 0 radical (unpaired) electrons. The van der Waals surface area contributed by atoms with Crippen molar-refractivity contribution in [2.24, 2.45) is 0 Å². The fourth-order valence-corrected chi connectivity index (χ4v) is 3.09. The minimum absolute atomic E-state index is 0.135. The summed E-state index contributed by atoms with van der Waals surface area (Å²) in [5, 5.41) is 2.95. The van der Waals surface area contributed by atoms with E-state index in [1.54, 1.807) is 12.4 Å². The summed E-state index contributed by atoms with van der Waals surface area (Å²) in [4.78, 5) is 23.4. The van der Waals surface area contributed by atoms with Gasteiger partial charge >= 0.3 is 0 Å². The van der Waals surface area contributed by atoms with Crippen LogP contribution in [0.25, 0.3) is 0 Å². The number of amides is 1. The van der Waals surface area contributed by atoms with Crippen molar-refractivity contribution in [3.8, 4) is 0 Å². The Morgan fingerprint density at radius 1 is 0.931 bits per heavy atom. The number of carbonyl (C=O) groups is 1. The first-order valence-electron chi connectivity index (χ1n) is 10.1. The number of benzene rings is 2. The van der Waals surface area contributed by atoms with Gasteiger partial charge in [0.15, 0.2) is 0 Å². The van der Waals surface area contributed by atoms with E-state index in [1.165, 1.54) is 11.1 Å². The van der Waals surface area contributed by atoms with Crippen LogP contribution in [0.4, 0.5) is 5.95 Å². The van der Waals surface area contributed by atoms with Gasteiger partial charge in [0.2, 0.25) is 5.95 Å². The number of nitrogens with one attached hydrogen (secondary N) is 1. The molecule has 1 heterocycles. The average molecular weight is 389 g/mol. The van der Waals surface area contributed by atoms with Gasteiger partial charge in [-0.25, -0.2) is 9.97 Å². The molecule has 5 nitrogen and oxygen atoms in total. The number of aryl methyl sites for hydroxylation is 1. The van der Waals surface area contributed by atoms with Crippen LogP contribution in [0.15, 0.2) is 73.1 Å². The van der Waals surface area contributed by atoms with Gasteiger partial charge in [-0.3, -0.25) is 4.79 Å². The topological polar surface area (TPSA) is 58.1 Å². The Morgan fingerprint density at radius 2 is 1.52 bits per heavy atom. The van der Waals surface area contributed by atoms with Crippen molar-refractivity contribution in [3.63, 3.8) is 0 Å². The zero-order valence-electron chi connectivity index (χ0n) is 17.1. The van der Waals surface area contributed by atoms with Gasteiger partial charge in [-0.2, -0.15) is 0 Å². The Balaban J connectivity index is 1.54. The number of rotatable bonds is 9. The maximum Gasteiger partial charge on any atom is 0.254 e. The summed E-state index contributed by atoms with van der Waals surface area (Å²) in [5.74, 6) is 0.494. The quantitative estimate of drug-likeness (QED) is 0.557. The summed E-state index contributed by atoms with van der Waals surface area (Å²) in [5.41, 5.74) is 2.96. The third-order valence-corrected chi connectivity index (χ3v) is 4.75. The van der Waals surface area contributed by atoms with Crippen molar-refractivity contribution < 1.29 is 4.79 Å². The third-order valence-electron chi connectivity index (χ3n) is 4.75. The summed E-state index contributed by atoms with van der Waals surface area (Å²) in [6.45, 7) is 5.57. The molecular weight excluding hydrogens is 360 g/mol. The molecule has 0 saturated carbocycles. The maximum absolute atomic E-state index is 12.4. The minimum atomic E-state index is -0.135. The molecule has 1 N–H and O–H groups in total. The van der Waals surface area contributed by atoms with E-state index in [9.17, 15) is 4.79 Å². The summed E-state index contributed by atoms with van der Waals surface area (Å²) in [6, 6.07) is 20.8. The summed E-state index contributed by atoms with van der Waals surface area (Å²) in [7, 11) is 0. The van der Waals surface area contributed by atoms with Gasteiger partial charge in [-0.05, 0) is 37.8 Å². The highest BCUT2D eigenvalue weighted by molar-refractivity contribution is 5.93. The molecule has 0 aliphatic carbocycles. The molecule has 0 fully saturated rings. The first-order valence-corrected chi connectivity index (χ1v) is 10.1. The lowest BCUT2D eigenvalue weighted by molar-refractivity contribution is 0.0952. The standard InChI is InChI=1S/C24H28N4O/c1-19(2)28(18-21-12-7-4-8-13-21)24-26-16-22(17-27-24)23(29)25-15-9-14-20-10-5-3-6-11-20/h3-8,10-13,16-17,19H,9,14-15,18H2,1-2H3,(H,25,29). The molecule has 0 aliphatic heterocycles. The van der Waals surface area contributed by atoms with E-state index in [0.29, 0.717) is 18.1 Å². The Bertz CT molecular complexity index is 880. The molecule has 2 aromatic carbocycles. The smallest absolute Gasteiger partial charge is 0.254 e. The average Bonchev–Trinajstić information content (AvgIpc) is 2.76. The Kier molecular flexibility index (Phi) is 7.34. The second kappa shape index (κ2) is 10.4. The van der Waals surface area contributed by atoms with Gasteiger partial charge in [0.1, 0.15) is 0 Å². The van der Waals surface area contributed by atoms with E-state index in [0.717, 1.165) is 19.4 Å². The monoisotopic (exact) mass is 388 g/mol. The van der Waals surface area contributed by atoms with E-state index >= 15 is 0 Å². The lowest BCUT2D eigenvalue weighted by Gasteiger charge is -2.26. The predicted molar refractivity (Wildman–Crippen MR) is 117 cm³/mol. The largest absolute Gasteiger partial charge is 0.352 e. The van der Waals surface area contributed by atoms with Gasteiger partial charge in [0.05, 0.1) is 5.56 Å². The number of hydrogen-bond acceptors (Lipinski definition) is 4. The minimum Gasteiger partial charge on any atom is -0.352 e. The summed E-state index contributed by atoms with van der Waals surface area (Å²) in [6.07, 6.45) is 5.05. The molecular formula is C24H28N4O. The number of hydrogen-bond donors (Lipinski definition) is 1. The van der Waals surface area contributed by atoms with E-state index in [1.807, 2.05) is 36.4 Å². The van der Waals surface area contributed by atoms with Crippen LogP contribution in [0.2, 0.25) is 0 Å². The van der Waals surface area contributed by atoms with Crippen molar-refractivity contribution in [2.45, 2.75) is 39.3 Å². The van der Waals surface area contributed by atoms with E-state index in [2.05, 4.69) is 58.3 Å². The van der Waals surface area contributed by atoms with Crippen molar-refractivity contribution in [1.82, 2.24) is 15.3 Å². The van der Waals surface area contributed by atoms with Crippen LogP contribution in [0.5, 0.6) is 0 Å². The predicted octanol–water partition coefficient (Wildman–Crippen LogP) is 4.25. The van der Waals surface area contributed by atoms with Gasteiger partial charge in [-0.15, -0.1) is 0 Å². The molecule has 0 atom stereocenters. The molecule has 5 heteroatoms. The Hall–Kier alpha value is -3.21. The lowest BCUT2D eigenvalue weighted by Crippen LogP contribution is -2.32. The van der Waals surface area contributed by atoms with Crippen LogP contribution in [-0.2, 0) is 13.0 Å². The zero-order chi connectivity index (χ0) is 20.5. The molecule has 1 amide bonds. The molecule has 3 rings (SSSR count). The molecule has 0 aliphatic rings. The highest BCUT2D eigenvalue weighted by atomic mass is 16.1. The van der Waals surface area contributed by atoms with E-state index < -0.39 is 0 Å².